The van der Waals surface area contributed by atoms with Gasteiger partial charge in [0.2, 0.25) is 17.5 Å². The lowest BCUT2D eigenvalue weighted by molar-refractivity contribution is 0.0549. The number of carbonyl (C=O) groups excluding carboxylic acids is 1. The number of aromatic amines is 2. The Balaban J connectivity index is 1.62. The maximum atomic E-state index is 12.7. The lowest BCUT2D eigenvalue weighted by Crippen LogP contribution is -2.39. The number of benzene rings is 1. The maximum Gasteiger partial charge on any atom is 0.341 e. The van der Waals surface area contributed by atoms with Crippen LogP contribution in [0.5, 0.6) is 0 Å². The molecule has 2 N–H and O–H groups in total. The van der Waals surface area contributed by atoms with Gasteiger partial charge in [0.15, 0.2) is 0 Å². The Kier molecular flexibility index (Phi) is 3.88. The number of hydrogen-bond acceptors (Lipinski definition) is 6. The predicted octanol–water partition coefficient (Wildman–Crippen LogP) is 1.52. The van der Waals surface area contributed by atoms with Crippen LogP contribution in [0.4, 0.5) is 0 Å². The minimum Gasteiger partial charge on any atom is -0.337 e. The zero-order valence-electron chi connectivity index (χ0n) is 13.3. The van der Waals surface area contributed by atoms with E-state index in [-0.39, 0.29) is 17.8 Å². The topological polar surface area (TPSA) is 121 Å². The summed E-state index contributed by atoms with van der Waals surface area (Å²) in [6, 6.07) is 9.17. The van der Waals surface area contributed by atoms with E-state index >= 15 is 0 Å². The molecule has 4 rings (SSSR count). The molecule has 1 aliphatic heterocycles. The van der Waals surface area contributed by atoms with Crippen molar-refractivity contribution >= 4 is 5.91 Å². The third-order valence-corrected chi connectivity index (χ3v) is 4.23. The van der Waals surface area contributed by atoms with E-state index in [1.165, 1.54) is 0 Å². The van der Waals surface area contributed by atoms with E-state index < -0.39 is 5.69 Å². The maximum absolute atomic E-state index is 12.7. The highest BCUT2D eigenvalue weighted by Crippen LogP contribution is 2.31. The fourth-order valence-corrected chi connectivity index (χ4v) is 3.01. The van der Waals surface area contributed by atoms with Crippen LogP contribution >= 0.6 is 0 Å². The van der Waals surface area contributed by atoms with Gasteiger partial charge in [0.1, 0.15) is 6.04 Å². The van der Waals surface area contributed by atoms with E-state index in [2.05, 4.69) is 25.3 Å². The van der Waals surface area contributed by atoms with Crippen LogP contribution in [0, 0.1) is 0 Å². The molecule has 128 valence electrons. The molecule has 1 fully saturated rings. The van der Waals surface area contributed by atoms with Crippen LogP contribution in [0.25, 0.3) is 11.4 Å². The van der Waals surface area contributed by atoms with Gasteiger partial charge >= 0.3 is 5.69 Å². The van der Waals surface area contributed by atoms with Crippen LogP contribution in [-0.2, 0) is 0 Å². The number of likely N-dealkylation sites (tertiary alicyclic amines) is 1. The van der Waals surface area contributed by atoms with Crippen molar-refractivity contribution in [3.8, 4) is 11.4 Å². The van der Waals surface area contributed by atoms with Crippen LogP contribution in [0.15, 0.2) is 39.6 Å². The van der Waals surface area contributed by atoms with Crippen molar-refractivity contribution in [2.45, 2.75) is 25.3 Å². The second kappa shape index (κ2) is 6.34. The van der Waals surface area contributed by atoms with Crippen molar-refractivity contribution in [2.75, 3.05) is 6.54 Å². The molecule has 25 heavy (non-hydrogen) atoms. The van der Waals surface area contributed by atoms with E-state index in [9.17, 15) is 9.59 Å². The van der Waals surface area contributed by atoms with Crippen molar-refractivity contribution in [2.24, 2.45) is 0 Å². The van der Waals surface area contributed by atoms with E-state index in [0.29, 0.717) is 18.3 Å². The molecule has 0 spiro atoms. The van der Waals surface area contributed by atoms with Crippen molar-refractivity contribution in [1.29, 1.82) is 0 Å². The van der Waals surface area contributed by atoms with Gasteiger partial charge in [0.25, 0.3) is 5.91 Å². The Morgan fingerprint density at radius 3 is 2.84 bits per heavy atom. The minimum absolute atomic E-state index is 0.0142. The summed E-state index contributed by atoms with van der Waals surface area (Å²) in [5.74, 6) is 0.508. The average molecular weight is 340 g/mol. The SMILES string of the molecule is O=C(c1n[nH]c(=O)[nH]1)N1CCCC[C@H]1c1nc(-c2ccccc2)no1. The third kappa shape index (κ3) is 2.95. The predicted molar refractivity (Wildman–Crippen MR) is 86.6 cm³/mol. The highest BCUT2D eigenvalue weighted by Gasteiger charge is 2.34. The number of carbonyl (C=O) groups is 1. The molecule has 1 atom stereocenters. The van der Waals surface area contributed by atoms with Gasteiger partial charge in [-0.05, 0) is 19.3 Å². The second-order valence-electron chi connectivity index (χ2n) is 5.86. The standard InChI is InChI=1S/C16H16N6O3/c23-15(13-18-16(24)20-19-13)22-9-5-4-8-11(22)14-17-12(21-25-14)10-6-2-1-3-7-10/h1-3,6-7,11H,4-5,8-9H2,(H2,18,19,20,24)/t11-/m0/s1. The zero-order valence-corrected chi connectivity index (χ0v) is 13.3. The number of nitrogens with one attached hydrogen (secondary N) is 2. The van der Waals surface area contributed by atoms with Crippen LogP contribution < -0.4 is 5.69 Å². The summed E-state index contributed by atoms with van der Waals surface area (Å²) < 4.78 is 5.42. The van der Waals surface area contributed by atoms with Gasteiger partial charge in [0, 0.05) is 12.1 Å². The molecule has 0 aliphatic carbocycles. The molecule has 9 nitrogen and oxygen atoms in total. The number of nitrogens with zero attached hydrogens (tertiary/aromatic N) is 4. The fourth-order valence-electron chi connectivity index (χ4n) is 3.01. The molecule has 0 radical (unpaired) electrons. The lowest BCUT2D eigenvalue weighted by atomic mass is 10.0. The lowest BCUT2D eigenvalue weighted by Gasteiger charge is -2.32. The van der Waals surface area contributed by atoms with Crippen LogP contribution in [0.3, 0.4) is 0 Å². The molecule has 0 saturated carbocycles. The van der Waals surface area contributed by atoms with Gasteiger partial charge in [-0.15, -0.1) is 5.10 Å². The highest BCUT2D eigenvalue weighted by molar-refractivity contribution is 5.90. The highest BCUT2D eigenvalue weighted by atomic mass is 16.5. The largest absolute Gasteiger partial charge is 0.341 e. The molecular formula is C16H16N6O3. The first-order chi connectivity index (χ1) is 12.2. The fraction of sp³-hybridized carbons (Fsp3) is 0.312. The first kappa shape index (κ1) is 15.3. The van der Waals surface area contributed by atoms with E-state index in [1.807, 2.05) is 30.3 Å². The molecular weight excluding hydrogens is 324 g/mol. The molecule has 0 unspecified atom stereocenters. The number of amides is 1. The molecule has 3 heterocycles. The van der Waals surface area contributed by atoms with Crippen molar-refractivity contribution < 1.29 is 9.32 Å². The zero-order chi connectivity index (χ0) is 17.2. The third-order valence-electron chi connectivity index (χ3n) is 4.23. The van der Waals surface area contributed by atoms with Crippen molar-refractivity contribution in [1.82, 2.24) is 30.2 Å². The summed E-state index contributed by atoms with van der Waals surface area (Å²) in [4.78, 5) is 32.3. The first-order valence-corrected chi connectivity index (χ1v) is 8.07. The minimum atomic E-state index is -0.513. The average Bonchev–Trinajstić information content (AvgIpc) is 3.31. The van der Waals surface area contributed by atoms with E-state index in [4.69, 9.17) is 4.52 Å². The Labute approximate surface area is 142 Å². The Morgan fingerprint density at radius 1 is 1.24 bits per heavy atom. The monoisotopic (exact) mass is 340 g/mol. The van der Waals surface area contributed by atoms with Crippen molar-refractivity contribution in [3.63, 3.8) is 0 Å². The molecule has 9 heteroatoms. The van der Waals surface area contributed by atoms with E-state index in [0.717, 1.165) is 24.8 Å². The molecule has 1 saturated heterocycles. The Bertz CT molecular complexity index is 929. The molecule has 1 aliphatic rings. The van der Waals surface area contributed by atoms with Crippen molar-refractivity contribution in [3.05, 3.63) is 52.5 Å². The van der Waals surface area contributed by atoms with Crippen LogP contribution in [0.1, 0.15) is 41.8 Å². The van der Waals surface area contributed by atoms with Gasteiger partial charge < -0.3 is 9.42 Å². The number of piperidine rings is 1. The van der Waals surface area contributed by atoms with Gasteiger partial charge in [0.05, 0.1) is 0 Å². The normalized spacial score (nSPS) is 17.6. The number of aromatic nitrogens is 5. The molecule has 2 aromatic heterocycles. The smallest absolute Gasteiger partial charge is 0.337 e. The van der Waals surface area contributed by atoms with Gasteiger partial charge in [-0.2, -0.15) is 4.98 Å². The second-order valence-corrected chi connectivity index (χ2v) is 5.86. The van der Waals surface area contributed by atoms with Gasteiger partial charge in [-0.1, -0.05) is 35.5 Å². The van der Waals surface area contributed by atoms with E-state index in [1.54, 1.807) is 4.90 Å². The summed E-state index contributed by atoms with van der Waals surface area (Å²) >= 11 is 0. The summed E-state index contributed by atoms with van der Waals surface area (Å²) in [6.07, 6.45) is 2.54. The number of hydrogen-bond donors (Lipinski definition) is 2. The Hall–Kier alpha value is -3.23. The quantitative estimate of drug-likeness (QED) is 0.745. The van der Waals surface area contributed by atoms with Crippen LogP contribution in [0.2, 0.25) is 0 Å². The summed E-state index contributed by atoms with van der Waals surface area (Å²) in [6.45, 7) is 0.543. The molecule has 3 aromatic rings. The number of rotatable bonds is 3. The molecule has 1 amide bonds. The summed E-state index contributed by atoms with van der Waals surface area (Å²) in [5.41, 5.74) is 0.337. The molecule has 0 bridgehead atoms. The molecule has 1 aromatic carbocycles. The van der Waals surface area contributed by atoms with Crippen LogP contribution in [-0.4, -0.2) is 42.7 Å². The summed E-state index contributed by atoms with van der Waals surface area (Å²) in [7, 11) is 0. The van der Waals surface area contributed by atoms with Gasteiger partial charge in [-0.25, -0.2) is 9.89 Å². The number of H-pyrrole nitrogens is 2. The Morgan fingerprint density at radius 2 is 2.08 bits per heavy atom. The van der Waals surface area contributed by atoms with Gasteiger partial charge in [-0.3, -0.25) is 9.78 Å². The first-order valence-electron chi connectivity index (χ1n) is 8.07. The summed E-state index contributed by atoms with van der Waals surface area (Å²) in [5, 5.41) is 9.96.